The first kappa shape index (κ1) is 16.6. The van der Waals surface area contributed by atoms with E-state index in [1.165, 1.54) is 0 Å². The van der Waals surface area contributed by atoms with Gasteiger partial charge in [-0.15, -0.1) is 23.5 Å². The fourth-order valence-corrected chi connectivity index (χ4v) is 3.98. The highest BCUT2D eigenvalue weighted by Gasteiger charge is 2.04. The number of hydrogen-bond acceptors (Lipinski definition) is 3. The van der Waals surface area contributed by atoms with Crippen LogP contribution in [0.2, 0.25) is 10.0 Å². The van der Waals surface area contributed by atoms with Crippen LogP contribution in [0.3, 0.4) is 0 Å². The van der Waals surface area contributed by atoms with E-state index in [2.05, 4.69) is 0 Å². The number of aromatic carboxylic acids is 1. The summed E-state index contributed by atoms with van der Waals surface area (Å²) in [4.78, 5) is 12.8. The van der Waals surface area contributed by atoms with Crippen molar-refractivity contribution in [3.63, 3.8) is 0 Å². The van der Waals surface area contributed by atoms with Crippen LogP contribution in [0, 0.1) is 0 Å². The number of hydrogen-bond donors (Lipinski definition) is 1. The summed E-state index contributed by atoms with van der Waals surface area (Å²) in [6.45, 7) is 0. The Bertz CT molecular complexity index is 630. The monoisotopic (exact) mass is 358 g/mol. The molecule has 110 valence electrons. The minimum Gasteiger partial charge on any atom is -0.478 e. The van der Waals surface area contributed by atoms with Gasteiger partial charge in [-0.2, -0.15) is 0 Å². The lowest BCUT2D eigenvalue weighted by Gasteiger charge is -2.05. The van der Waals surface area contributed by atoms with Gasteiger partial charge in [-0.05, 0) is 42.5 Å². The molecule has 2 nitrogen and oxygen atoms in total. The van der Waals surface area contributed by atoms with E-state index in [1.54, 1.807) is 47.8 Å². The Balaban J connectivity index is 1.81. The highest BCUT2D eigenvalue weighted by atomic mass is 35.5. The molecule has 2 aromatic carbocycles. The number of carboxylic acid groups (broad SMARTS) is 1. The molecule has 0 radical (unpaired) electrons. The van der Waals surface area contributed by atoms with E-state index < -0.39 is 5.97 Å². The smallest absolute Gasteiger partial charge is 0.335 e. The van der Waals surface area contributed by atoms with Crippen molar-refractivity contribution in [3.05, 3.63) is 58.1 Å². The van der Waals surface area contributed by atoms with Crippen molar-refractivity contribution in [1.82, 2.24) is 0 Å². The second-order valence-corrected chi connectivity index (χ2v) is 7.25. The van der Waals surface area contributed by atoms with Crippen molar-refractivity contribution in [3.8, 4) is 0 Å². The van der Waals surface area contributed by atoms with Crippen molar-refractivity contribution >= 4 is 52.7 Å². The number of carboxylic acids is 1. The molecule has 0 heterocycles. The molecule has 6 heteroatoms. The molecule has 0 spiro atoms. The summed E-state index contributed by atoms with van der Waals surface area (Å²) in [6, 6.07) is 12.3. The lowest BCUT2D eigenvalue weighted by atomic mass is 10.2. The molecule has 2 aromatic rings. The summed E-state index contributed by atoms with van der Waals surface area (Å²) in [6.07, 6.45) is 0. The van der Waals surface area contributed by atoms with Crippen molar-refractivity contribution in [2.75, 3.05) is 11.5 Å². The third kappa shape index (κ3) is 5.15. The molecule has 0 saturated carbocycles. The zero-order chi connectivity index (χ0) is 15.2. The Hall–Kier alpha value is -0.810. The number of benzene rings is 2. The van der Waals surface area contributed by atoms with Gasteiger partial charge in [0.15, 0.2) is 0 Å². The van der Waals surface area contributed by atoms with Crippen molar-refractivity contribution in [1.29, 1.82) is 0 Å². The average Bonchev–Trinajstić information content (AvgIpc) is 2.47. The summed E-state index contributed by atoms with van der Waals surface area (Å²) in [5.74, 6) is 0.892. The molecule has 0 atom stereocenters. The van der Waals surface area contributed by atoms with Gasteiger partial charge in [-0.3, -0.25) is 0 Å². The molecule has 0 aliphatic rings. The van der Waals surface area contributed by atoms with Gasteiger partial charge in [0.25, 0.3) is 0 Å². The number of carbonyl (C=O) groups is 1. The molecule has 0 fully saturated rings. The van der Waals surface area contributed by atoms with Gasteiger partial charge in [-0.1, -0.05) is 23.2 Å². The predicted molar refractivity (Wildman–Crippen MR) is 91.3 cm³/mol. The van der Waals surface area contributed by atoms with Gasteiger partial charge >= 0.3 is 5.97 Å². The van der Waals surface area contributed by atoms with Gasteiger partial charge in [0.1, 0.15) is 0 Å². The van der Waals surface area contributed by atoms with Crippen LogP contribution in [-0.4, -0.2) is 22.6 Å². The van der Waals surface area contributed by atoms with Gasteiger partial charge < -0.3 is 5.11 Å². The number of thioether (sulfide) groups is 2. The minimum atomic E-state index is -0.905. The maximum atomic E-state index is 10.8. The van der Waals surface area contributed by atoms with Crippen molar-refractivity contribution in [2.24, 2.45) is 0 Å². The number of halogens is 2. The summed E-state index contributed by atoms with van der Waals surface area (Å²) >= 11 is 15.4. The van der Waals surface area contributed by atoms with E-state index in [4.69, 9.17) is 28.3 Å². The summed E-state index contributed by atoms with van der Waals surface area (Å²) in [5.41, 5.74) is 0.305. The van der Waals surface area contributed by atoms with Crippen molar-refractivity contribution < 1.29 is 9.90 Å². The maximum Gasteiger partial charge on any atom is 0.335 e. The molecule has 0 aliphatic heterocycles. The van der Waals surface area contributed by atoms with Crippen LogP contribution in [0.25, 0.3) is 0 Å². The van der Waals surface area contributed by atoms with Crippen LogP contribution in [0.15, 0.2) is 52.3 Å². The second-order valence-electron chi connectivity index (χ2n) is 4.10. The topological polar surface area (TPSA) is 37.3 Å². The molecule has 1 N–H and O–H groups in total. The fraction of sp³-hybridized carbons (Fsp3) is 0.133. The fourth-order valence-electron chi connectivity index (χ4n) is 1.59. The molecule has 2 rings (SSSR count). The minimum absolute atomic E-state index is 0.305. The predicted octanol–water partition coefficient (Wildman–Crippen LogP) is 5.58. The number of rotatable bonds is 6. The summed E-state index contributed by atoms with van der Waals surface area (Å²) < 4.78 is 0. The largest absolute Gasteiger partial charge is 0.478 e. The molecular weight excluding hydrogens is 347 g/mol. The standard InChI is InChI=1S/C15H12Cl2O2S2/c16-11-3-6-13(17)14(9-11)21-8-7-20-12-4-1-10(2-5-12)15(18)19/h1-6,9H,7-8H2,(H,18,19). The Kier molecular flexibility index (Phi) is 6.30. The van der Waals surface area contributed by atoms with Gasteiger partial charge in [-0.25, -0.2) is 4.79 Å². The molecule has 21 heavy (non-hydrogen) atoms. The third-order valence-electron chi connectivity index (χ3n) is 2.60. The molecule has 0 aliphatic carbocycles. The van der Waals surface area contributed by atoms with Crippen LogP contribution in [0.4, 0.5) is 0 Å². The first-order valence-electron chi connectivity index (χ1n) is 6.10. The Morgan fingerprint density at radius 1 is 1.00 bits per heavy atom. The van der Waals surface area contributed by atoms with E-state index in [0.29, 0.717) is 15.6 Å². The van der Waals surface area contributed by atoms with Gasteiger partial charge in [0, 0.05) is 26.3 Å². The Labute approximate surface area is 141 Å². The Morgan fingerprint density at radius 3 is 2.33 bits per heavy atom. The average molecular weight is 359 g/mol. The first-order chi connectivity index (χ1) is 10.1. The van der Waals surface area contributed by atoms with Crippen LogP contribution in [0.1, 0.15) is 10.4 Å². The van der Waals surface area contributed by atoms with Crippen molar-refractivity contribution in [2.45, 2.75) is 9.79 Å². The van der Waals surface area contributed by atoms with E-state index in [9.17, 15) is 4.79 Å². The summed E-state index contributed by atoms with van der Waals surface area (Å²) in [7, 11) is 0. The van der Waals surface area contributed by atoms with E-state index in [-0.39, 0.29) is 0 Å². The molecular formula is C15H12Cl2O2S2. The van der Waals surface area contributed by atoms with Gasteiger partial charge in [0.2, 0.25) is 0 Å². The molecule has 0 unspecified atom stereocenters. The molecule has 0 saturated heterocycles. The lowest BCUT2D eigenvalue weighted by molar-refractivity contribution is 0.0697. The highest BCUT2D eigenvalue weighted by Crippen LogP contribution is 2.31. The van der Waals surface area contributed by atoms with E-state index in [1.807, 2.05) is 18.2 Å². The molecule has 0 bridgehead atoms. The van der Waals surface area contributed by atoms with Crippen LogP contribution < -0.4 is 0 Å². The lowest BCUT2D eigenvalue weighted by Crippen LogP contribution is -1.94. The Morgan fingerprint density at radius 2 is 1.67 bits per heavy atom. The zero-order valence-corrected chi connectivity index (χ0v) is 14.0. The SMILES string of the molecule is O=C(O)c1ccc(SCCSc2cc(Cl)ccc2Cl)cc1. The van der Waals surface area contributed by atoms with Crippen LogP contribution >= 0.6 is 46.7 Å². The second kappa shape index (κ2) is 7.99. The van der Waals surface area contributed by atoms with E-state index in [0.717, 1.165) is 21.3 Å². The normalized spacial score (nSPS) is 10.6. The quantitative estimate of drug-likeness (QED) is 0.540. The van der Waals surface area contributed by atoms with Gasteiger partial charge in [0.05, 0.1) is 10.6 Å². The van der Waals surface area contributed by atoms with E-state index >= 15 is 0 Å². The third-order valence-corrected chi connectivity index (χ3v) is 5.61. The highest BCUT2D eigenvalue weighted by molar-refractivity contribution is 8.03. The van der Waals surface area contributed by atoms with Crippen LogP contribution in [-0.2, 0) is 0 Å². The first-order valence-corrected chi connectivity index (χ1v) is 8.83. The zero-order valence-electron chi connectivity index (χ0n) is 10.9. The molecule has 0 amide bonds. The summed E-state index contributed by atoms with van der Waals surface area (Å²) in [5, 5.41) is 10.2. The molecule has 0 aromatic heterocycles. The maximum absolute atomic E-state index is 10.8. The van der Waals surface area contributed by atoms with Crippen LogP contribution in [0.5, 0.6) is 0 Å².